The van der Waals surface area contributed by atoms with E-state index < -0.39 is 0 Å². The second-order valence-corrected chi connectivity index (χ2v) is 4.88. The van der Waals surface area contributed by atoms with Gasteiger partial charge in [0.1, 0.15) is 0 Å². The predicted molar refractivity (Wildman–Crippen MR) is 83.9 cm³/mol. The molecule has 0 heterocycles. The zero-order valence-electron chi connectivity index (χ0n) is 12.1. The fourth-order valence-corrected chi connectivity index (χ4v) is 2.00. The summed E-state index contributed by atoms with van der Waals surface area (Å²) in [5, 5.41) is 14.7. The topological polar surface area (TPSA) is 61.7 Å². The molecule has 2 aromatic rings. The highest BCUT2D eigenvalue weighted by Crippen LogP contribution is 2.18. The minimum Gasteiger partial charge on any atom is -0.411 e. The van der Waals surface area contributed by atoms with E-state index in [9.17, 15) is 4.79 Å². The molecule has 2 aromatic carbocycles. The summed E-state index contributed by atoms with van der Waals surface area (Å²) in [6.45, 7) is 3.59. The molecule has 0 bridgehead atoms. The molecule has 1 unspecified atom stereocenters. The van der Waals surface area contributed by atoms with Gasteiger partial charge in [-0.25, -0.2) is 0 Å². The first-order valence-corrected chi connectivity index (χ1v) is 6.76. The van der Waals surface area contributed by atoms with Crippen LogP contribution in [-0.2, 0) is 4.79 Å². The lowest BCUT2D eigenvalue weighted by Gasteiger charge is -2.12. The quantitative estimate of drug-likeness (QED) is 0.511. The monoisotopic (exact) mass is 282 g/mol. The minimum atomic E-state index is -0.216. The maximum atomic E-state index is 12.2. The van der Waals surface area contributed by atoms with Crippen molar-refractivity contribution in [3.63, 3.8) is 0 Å². The SMILES string of the molecule is C/C(=N\O)c1ccc(NC(=O)C(C)c2ccccc2)cc1. The van der Waals surface area contributed by atoms with E-state index in [1.807, 2.05) is 37.3 Å². The van der Waals surface area contributed by atoms with E-state index in [4.69, 9.17) is 5.21 Å². The first kappa shape index (κ1) is 14.8. The molecule has 0 aliphatic rings. The van der Waals surface area contributed by atoms with Crippen molar-refractivity contribution in [2.24, 2.45) is 5.16 Å². The molecule has 0 fully saturated rings. The van der Waals surface area contributed by atoms with Gasteiger partial charge in [0.05, 0.1) is 11.6 Å². The molecule has 0 spiro atoms. The lowest BCUT2D eigenvalue weighted by Crippen LogP contribution is -2.18. The van der Waals surface area contributed by atoms with Gasteiger partial charge in [-0.15, -0.1) is 0 Å². The van der Waals surface area contributed by atoms with Gasteiger partial charge in [-0.1, -0.05) is 47.6 Å². The molecule has 4 nitrogen and oxygen atoms in total. The van der Waals surface area contributed by atoms with Gasteiger partial charge in [-0.3, -0.25) is 4.79 Å². The molecular formula is C17H18N2O2. The number of nitrogens with zero attached hydrogens (tertiary/aromatic N) is 1. The smallest absolute Gasteiger partial charge is 0.231 e. The minimum absolute atomic E-state index is 0.0542. The summed E-state index contributed by atoms with van der Waals surface area (Å²) in [5.74, 6) is -0.270. The molecule has 108 valence electrons. The number of rotatable bonds is 4. The van der Waals surface area contributed by atoms with Crippen molar-refractivity contribution < 1.29 is 10.0 Å². The number of oxime groups is 1. The number of anilines is 1. The normalized spacial score (nSPS) is 12.8. The van der Waals surface area contributed by atoms with Crippen LogP contribution in [0.15, 0.2) is 59.8 Å². The van der Waals surface area contributed by atoms with Gasteiger partial charge in [0.2, 0.25) is 5.91 Å². The van der Waals surface area contributed by atoms with Gasteiger partial charge in [0.25, 0.3) is 0 Å². The average Bonchev–Trinajstić information content (AvgIpc) is 2.55. The summed E-state index contributed by atoms with van der Waals surface area (Å²) in [7, 11) is 0. The Kier molecular flexibility index (Phi) is 4.72. The largest absolute Gasteiger partial charge is 0.411 e. The van der Waals surface area contributed by atoms with Crippen LogP contribution in [-0.4, -0.2) is 16.8 Å². The highest BCUT2D eigenvalue weighted by Gasteiger charge is 2.14. The van der Waals surface area contributed by atoms with Crippen molar-refractivity contribution in [2.75, 3.05) is 5.32 Å². The second-order valence-electron chi connectivity index (χ2n) is 4.88. The molecular weight excluding hydrogens is 264 g/mol. The maximum Gasteiger partial charge on any atom is 0.231 e. The van der Waals surface area contributed by atoms with E-state index in [0.717, 1.165) is 16.8 Å². The first-order valence-electron chi connectivity index (χ1n) is 6.76. The number of carbonyl (C=O) groups is 1. The molecule has 1 atom stereocenters. The summed E-state index contributed by atoms with van der Waals surface area (Å²) in [5.41, 5.74) is 3.05. The van der Waals surface area contributed by atoms with Crippen LogP contribution in [0.2, 0.25) is 0 Å². The molecule has 0 saturated carbocycles. The molecule has 21 heavy (non-hydrogen) atoms. The highest BCUT2D eigenvalue weighted by molar-refractivity contribution is 5.99. The Bertz CT molecular complexity index is 634. The number of amides is 1. The first-order chi connectivity index (χ1) is 10.1. The molecule has 2 N–H and O–H groups in total. The summed E-state index contributed by atoms with van der Waals surface area (Å²) in [4.78, 5) is 12.2. The number of hydrogen-bond donors (Lipinski definition) is 2. The summed E-state index contributed by atoms with van der Waals surface area (Å²) < 4.78 is 0. The summed E-state index contributed by atoms with van der Waals surface area (Å²) in [6.07, 6.45) is 0. The Morgan fingerprint density at radius 2 is 1.71 bits per heavy atom. The van der Waals surface area contributed by atoms with Crippen molar-refractivity contribution in [2.45, 2.75) is 19.8 Å². The van der Waals surface area contributed by atoms with Crippen LogP contribution in [0.1, 0.15) is 30.9 Å². The summed E-state index contributed by atoms with van der Waals surface area (Å²) in [6, 6.07) is 16.8. The van der Waals surface area contributed by atoms with E-state index in [1.54, 1.807) is 31.2 Å². The molecule has 0 aliphatic heterocycles. The Balaban J connectivity index is 2.06. The number of nitrogens with one attached hydrogen (secondary N) is 1. The van der Waals surface area contributed by atoms with E-state index in [2.05, 4.69) is 10.5 Å². The average molecular weight is 282 g/mol. The number of carbonyl (C=O) groups excluding carboxylic acids is 1. The molecule has 4 heteroatoms. The van der Waals surface area contributed by atoms with Gasteiger partial charge in [-0.2, -0.15) is 0 Å². The predicted octanol–water partition coefficient (Wildman–Crippen LogP) is 3.63. The van der Waals surface area contributed by atoms with Crippen molar-refractivity contribution in [1.29, 1.82) is 0 Å². The van der Waals surface area contributed by atoms with Crippen LogP contribution < -0.4 is 5.32 Å². The van der Waals surface area contributed by atoms with Crippen molar-refractivity contribution in [3.8, 4) is 0 Å². The Hall–Kier alpha value is -2.62. The van der Waals surface area contributed by atoms with Crippen molar-refractivity contribution >= 4 is 17.3 Å². The second kappa shape index (κ2) is 6.70. The standard InChI is InChI=1S/C17H18N2O2/c1-12(14-6-4-3-5-7-14)17(20)18-16-10-8-15(9-11-16)13(2)19-21/h3-12,21H,1-2H3,(H,18,20)/b19-13+. The van der Waals surface area contributed by atoms with Crippen LogP contribution in [0.25, 0.3) is 0 Å². The van der Waals surface area contributed by atoms with Crippen molar-refractivity contribution in [3.05, 3.63) is 65.7 Å². The molecule has 2 rings (SSSR count). The molecule has 0 radical (unpaired) electrons. The van der Waals surface area contributed by atoms with E-state index >= 15 is 0 Å². The highest BCUT2D eigenvalue weighted by atomic mass is 16.4. The number of benzene rings is 2. The third-order valence-corrected chi connectivity index (χ3v) is 3.41. The Morgan fingerprint density at radius 1 is 1.10 bits per heavy atom. The van der Waals surface area contributed by atoms with Crippen LogP contribution in [0, 0.1) is 0 Å². The third-order valence-electron chi connectivity index (χ3n) is 3.41. The molecule has 0 aromatic heterocycles. The van der Waals surface area contributed by atoms with E-state index in [0.29, 0.717) is 5.71 Å². The molecule has 1 amide bonds. The van der Waals surface area contributed by atoms with Gasteiger partial charge in [0, 0.05) is 5.69 Å². The fourth-order valence-electron chi connectivity index (χ4n) is 2.00. The van der Waals surface area contributed by atoms with Crippen LogP contribution in [0.5, 0.6) is 0 Å². The number of hydrogen-bond acceptors (Lipinski definition) is 3. The van der Waals surface area contributed by atoms with Gasteiger partial charge in [0.15, 0.2) is 0 Å². The fraction of sp³-hybridized carbons (Fsp3) is 0.176. The van der Waals surface area contributed by atoms with E-state index in [1.165, 1.54) is 0 Å². The van der Waals surface area contributed by atoms with Crippen LogP contribution in [0.4, 0.5) is 5.69 Å². The lowest BCUT2D eigenvalue weighted by molar-refractivity contribution is -0.117. The molecule has 0 saturated heterocycles. The molecule has 0 aliphatic carbocycles. The zero-order valence-corrected chi connectivity index (χ0v) is 12.1. The van der Waals surface area contributed by atoms with Crippen molar-refractivity contribution in [1.82, 2.24) is 0 Å². The lowest BCUT2D eigenvalue weighted by atomic mass is 10.0. The van der Waals surface area contributed by atoms with Crippen LogP contribution >= 0.6 is 0 Å². The van der Waals surface area contributed by atoms with E-state index in [-0.39, 0.29) is 11.8 Å². The zero-order chi connectivity index (χ0) is 15.2. The Morgan fingerprint density at radius 3 is 2.29 bits per heavy atom. The maximum absolute atomic E-state index is 12.2. The third kappa shape index (κ3) is 3.69. The Labute approximate surface area is 124 Å². The summed E-state index contributed by atoms with van der Waals surface area (Å²) >= 11 is 0. The van der Waals surface area contributed by atoms with Gasteiger partial charge in [-0.05, 0) is 37.1 Å². The van der Waals surface area contributed by atoms with Gasteiger partial charge < -0.3 is 10.5 Å². The van der Waals surface area contributed by atoms with Gasteiger partial charge >= 0.3 is 0 Å². The van der Waals surface area contributed by atoms with Crippen LogP contribution in [0.3, 0.4) is 0 Å².